The number of rotatable bonds is 8. The molecule has 0 aliphatic carbocycles. The summed E-state index contributed by atoms with van der Waals surface area (Å²) in [5.41, 5.74) is 0. The third-order valence-electron chi connectivity index (χ3n) is 5.01. The number of likely N-dealkylation sites (tertiary alicyclic amines) is 2. The van der Waals surface area contributed by atoms with Crippen LogP contribution in [0.5, 0.6) is 0 Å². The van der Waals surface area contributed by atoms with Crippen LogP contribution < -0.4 is 5.32 Å². The Morgan fingerprint density at radius 2 is 1.92 bits per heavy atom. The van der Waals surface area contributed by atoms with Crippen molar-refractivity contribution in [3.05, 3.63) is 0 Å². The summed E-state index contributed by atoms with van der Waals surface area (Å²) in [6, 6.07) is 0.565. The maximum absolute atomic E-state index is 5.76. The summed E-state index contributed by atoms with van der Waals surface area (Å²) < 4.78 is 11.0. The third-order valence-corrected chi connectivity index (χ3v) is 5.01. The van der Waals surface area contributed by atoms with Gasteiger partial charge in [-0.05, 0) is 46.1 Å². The van der Waals surface area contributed by atoms with Gasteiger partial charge in [0.1, 0.15) is 0 Å². The number of piperidine rings is 1. The van der Waals surface area contributed by atoms with Crippen LogP contribution in [0.4, 0.5) is 0 Å². The first kappa shape index (κ1) is 22.9. The molecule has 0 bridgehead atoms. The van der Waals surface area contributed by atoms with Crippen LogP contribution in [0, 0.1) is 0 Å². The molecule has 6 nitrogen and oxygen atoms in total. The van der Waals surface area contributed by atoms with E-state index in [2.05, 4.69) is 29.0 Å². The molecule has 2 rings (SSSR count). The number of nitrogens with one attached hydrogen (secondary N) is 1. The van der Waals surface area contributed by atoms with Crippen LogP contribution in [-0.2, 0) is 9.47 Å². The van der Waals surface area contributed by atoms with E-state index in [1.165, 1.54) is 19.4 Å². The molecule has 1 atom stereocenters. The van der Waals surface area contributed by atoms with Crippen molar-refractivity contribution in [2.45, 2.75) is 51.7 Å². The van der Waals surface area contributed by atoms with Gasteiger partial charge < -0.3 is 19.7 Å². The van der Waals surface area contributed by atoms with Gasteiger partial charge in [-0.3, -0.25) is 9.89 Å². The lowest BCUT2D eigenvalue weighted by Gasteiger charge is -2.34. The minimum absolute atomic E-state index is 0. The summed E-state index contributed by atoms with van der Waals surface area (Å²) >= 11 is 0. The SMILES string of the molecule is CCNC(=NCC1CCCN1CCOC)N1CCC(OCC)CC1.I. The molecular formula is C18H37IN4O2. The van der Waals surface area contributed by atoms with Crippen LogP contribution in [0.3, 0.4) is 0 Å². The first-order chi connectivity index (χ1) is 11.8. The Balaban J connectivity index is 0.00000312. The Morgan fingerprint density at radius 1 is 1.16 bits per heavy atom. The van der Waals surface area contributed by atoms with Crippen molar-refractivity contribution in [2.24, 2.45) is 4.99 Å². The van der Waals surface area contributed by atoms with Crippen molar-refractivity contribution in [3.63, 3.8) is 0 Å². The van der Waals surface area contributed by atoms with Gasteiger partial charge >= 0.3 is 0 Å². The van der Waals surface area contributed by atoms with E-state index in [1.54, 1.807) is 7.11 Å². The van der Waals surface area contributed by atoms with Gasteiger partial charge in [-0.2, -0.15) is 0 Å². The minimum Gasteiger partial charge on any atom is -0.383 e. The van der Waals surface area contributed by atoms with Gasteiger partial charge in [0.25, 0.3) is 0 Å². The fraction of sp³-hybridized carbons (Fsp3) is 0.944. The molecule has 2 aliphatic heterocycles. The molecular weight excluding hydrogens is 431 g/mol. The highest BCUT2D eigenvalue weighted by Gasteiger charge is 2.25. The summed E-state index contributed by atoms with van der Waals surface area (Å²) in [5.74, 6) is 1.08. The van der Waals surface area contributed by atoms with Crippen molar-refractivity contribution in [1.29, 1.82) is 0 Å². The van der Waals surface area contributed by atoms with Crippen LogP contribution in [0.1, 0.15) is 39.5 Å². The lowest BCUT2D eigenvalue weighted by molar-refractivity contribution is 0.0263. The smallest absolute Gasteiger partial charge is 0.193 e. The topological polar surface area (TPSA) is 49.3 Å². The molecule has 0 radical (unpaired) electrons. The fourth-order valence-electron chi connectivity index (χ4n) is 3.69. The Hall–Kier alpha value is -0.120. The van der Waals surface area contributed by atoms with E-state index < -0.39 is 0 Å². The molecule has 0 spiro atoms. The second-order valence-electron chi connectivity index (χ2n) is 6.66. The van der Waals surface area contributed by atoms with Crippen molar-refractivity contribution >= 4 is 29.9 Å². The van der Waals surface area contributed by atoms with E-state index in [0.29, 0.717) is 12.1 Å². The molecule has 2 fully saturated rings. The molecule has 0 saturated carbocycles. The Kier molecular flexibility index (Phi) is 12.0. The summed E-state index contributed by atoms with van der Waals surface area (Å²) in [6.45, 7) is 11.9. The normalized spacial score (nSPS) is 22.9. The van der Waals surface area contributed by atoms with E-state index in [1.807, 2.05) is 0 Å². The van der Waals surface area contributed by atoms with Crippen molar-refractivity contribution in [1.82, 2.24) is 15.1 Å². The van der Waals surface area contributed by atoms with Gasteiger partial charge in [-0.15, -0.1) is 24.0 Å². The summed E-state index contributed by atoms with van der Waals surface area (Å²) in [4.78, 5) is 9.88. The summed E-state index contributed by atoms with van der Waals surface area (Å²) in [7, 11) is 1.78. The fourth-order valence-corrected chi connectivity index (χ4v) is 3.69. The maximum Gasteiger partial charge on any atom is 0.193 e. The van der Waals surface area contributed by atoms with Crippen LogP contribution in [0.25, 0.3) is 0 Å². The third kappa shape index (κ3) is 7.56. The van der Waals surface area contributed by atoms with Crippen LogP contribution in [-0.4, -0.2) is 87.5 Å². The number of methoxy groups -OCH3 is 1. The lowest BCUT2D eigenvalue weighted by atomic mass is 10.1. The van der Waals surface area contributed by atoms with Crippen molar-refractivity contribution in [3.8, 4) is 0 Å². The summed E-state index contributed by atoms with van der Waals surface area (Å²) in [6.07, 6.45) is 5.15. The predicted molar refractivity (Wildman–Crippen MR) is 114 cm³/mol. The number of aliphatic imine (C=N–C) groups is 1. The summed E-state index contributed by atoms with van der Waals surface area (Å²) in [5, 5.41) is 3.47. The highest BCUT2D eigenvalue weighted by Crippen LogP contribution is 2.18. The molecule has 7 heteroatoms. The second kappa shape index (κ2) is 13.1. The van der Waals surface area contributed by atoms with Crippen molar-refractivity contribution in [2.75, 3.05) is 59.6 Å². The highest BCUT2D eigenvalue weighted by atomic mass is 127. The van der Waals surface area contributed by atoms with Crippen LogP contribution >= 0.6 is 24.0 Å². The number of nitrogens with zero attached hydrogens (tertiary/aromatic N) is 3. The Morgan fingerprint density at radius 3 is 2.56 bits per heavy atom. The lowest BCUT2D eigenvalue weighted by Crippen LogP contribution is -2.47. The first-order valence-electron chi connectivity index (χ1n) is 9.66. The van der Waals surface area contributed by atoms with Crippen LogP contribution in [0.2, 0.25) is 0 Å². The monoisotopic (exact) mass is 468 g/mol. The molecule has 2 heterocycles. The van der Waals surface area contributed by atoms with E-state index in [4.69, 9.17) is 14.5 Å². The van der Waals surface area contributed by atoms with Gasteiger partial charge in [0.15, 0.2) is 5.96 Å². The van der Waals surface area contributed by atoms with E-state index in [-0.39, 0.29) is 24.0 Å². The molecule has 0 aromatic heterocycles. The average molecular weight is 468 g/mol. The molecule has 1 unspecified atom stereocenters. The number of ether oxygens (including phenoxy) is 2. The minimum atomic E-state index is 0. The first-order valence-corrected chi connectivity index (χ1v) is 9.66. The Bertz CT molecular complexity index is 376. The number of halogens is 1. The standard InChI is InChI=1S/C18H36N4O2.HI/c1-4-19-18(22-11-8-17(9-12-22)24-5-2)20-15-16-7-6-10-21(16)13-14-23-3;/h16-17H,4-15H2,1-3H3,(H,19,20);1H. The predicted octanol–water partition coefficient (Wildman–Crippen LogP) is 2.18. The zero-order valence-corrected chi connectivity index (χ0v) is 18.5. The van der Waals surface area contributed by atoms with E-state index in [0.717, 1.165) is 64.7 Å². The number of hydrogen-bond donors (Lipinski definition) is 1. The highest BCUT2D eigenvalue weighted by molar-refractivity contribution is 14.0. The van der Waals surface area contributed by atoms with Gasteiger partial charge in [0.05, 0.1) is 19.3 Å². The van der Waals surface area contributed by atoms with E-state index in [9.17, 15) is 0 Å². The van der Waals surface area contributed by atoms with Crippen LogP contribution in [0.15, 0.2) is 4.99 Å². The Labute approximate surface area is 170 Å². The van der Waals surface area contributed by atoms with E-state index >= 15 is 0 Å². The largest absolute Gasteiger partial charge is 0.383 e. The van der Waals surface area contributed by atoms with Crippen molar-refractivity contribution < 1.29 is 9.47 Å². The average Bonchev–Trinajstić information content (AvgIpc) is 3.05. The molecule has 0 amide bonds. The molecule has 2 saturated heterocycles. The number of hydrogen-bond acceptors (Lipinski definition) is 4. The second-order valence-corrected chi connectivity index (χ2v) is 6.66. The zero-order valence-electron chi connectivity index (χ0n) is 16.2. The van der Waals surface area contributed by atoms with Gasteiger partial charge in [0, 0.05) is 45.9 Å². The number of guanidine groups is 1. The molecule has 2 aliphatic rings. The molecule has 25 heavy (non-hydrogen) atoms. The quantitative estimate of drug-likeness (QED) is 0.336. The molecule has 1 N–H and O–H groups in total. The maximum atomic E-state index is 5.76. The van der Waals surface area contributed by atoms with Gasteiger partial charge in [0.2, 0.25) is 0 Å². The van der Waals surface area contributed by atoms with Gasteiger partial charge in [-0.1, -0.05) is 0 Å². The molecule has 148 valence electrons. The van der Waals surface area contributed by atoms with Gasteiger partial charge in [-0.25, -0.2) is 0 Å². The molecule has 0 aromatic rings. The molecule has 0 aromatic carbocycles. The zero-order chi connectivity index (χ0) is 17.2.